The van der Waals surface area contributed by atoms with Crippen molar-refractivity contribution in [1.29, 1.82) is 0 Å². The molecular formula is C32H47N3O6. The van der Waals surface area contributed by atoms with E-state index >= 15 is 0 Å². The highest BCUT2D eigenvalue weighted by atomic mass is 16.5. The Kier molecular flexibility index (Phi) is 11.1. The molecule has 41 heavy (non-hydrogen) atoms. The van der Waals surface area contributed by atoms with E-state index in [1.54, 1.807) is 14.2 Å². The Labute approximate surface area is 245 Å². The van der Waals surface area contributed by atoms with Crippen LogP contribution in [0.25, 0.3) is 0 Å². The summed E-state index contributed by atoms with van der Waals surface area (Å²) >= 11 is 0. The van der Waals surface area contributed by atoms with Crippen molar-refractivity contribution in [2.75, 3.05) is 91.4 Å². The third-order valence-electron chi connectivity index (χ3n) is 8.43. The van der Waals surface area contributed by atoms with Gasteiger partial charge in [0.15, 0.2) is 0 Å². The summed E-state index contributed by atoms with van der Waals surface area (Å²) in [7, 11) is 3.45. The van der Waals surface area contributed by atoms with Gasteiger partial charge in [-0.25, -0.2) is 0 Å². The van der Waals surface area contributed by atoms with Crippen molar-refractivity contribution in [3.8, 4) is 11.5 Å². The number of benzene rings is 2. The molecule has 9 heteroatoms. The highest BCUT2D eigenvalue weighted by Gasteiger charge is 2.36. The summed E-state index contributed by atoms with van der Waals surface area (Å²) in [6.45, 7) is 11.7. The molecule has 2 fully saturated rings. The molecule has 3 heterocycles. The molecule has 0 bridgehead atoms. The molecule has 0 spiro atoms. The molecule has 1 N–H and O–H groups in total. The maximum Gasteiger partial charge on any atom is 0.142 e. The highest BCUT2D eigenvalue weighted by Crippen LogP contribution is 2.35. The third kappa shape index (κ3) is 7.91. The lowest BCUT2D eigenvalue weighted by atomic mass is 9.85. The lowest BCUT2D eigenvalue weighted by Gasteiger charge is -2.39. The Bertz CT molecular complexity index is 1070. The van der Waals surface area contributed by atoms with Crippen LogP contribution in [0.1, 0.15) is 30.4 Å². The Hall–Kier alpha value is -2.40. The van der Waals surface area contributed by atoms with E-state index in [0.29, 0.717) is 25.9 Å². The normalized spacial score (nSPS) is 25.0. The Balaban J connectivity index is 1.26. The minimum Gasteiger partial charge on any atom is -0.497 e. The van der Waals surface area contributed by atoms with E-state index in [1.165, 1.54) is 5.56 Å². The first-order chi connectivity index (χ1) is 20.2. The summed E-state index contributed by atoms with van der Waals surface area (Å²) in [5, 5.41) is 3.58. The number of anilines is 1. The van der Waals surface area contributed by atoms with E-state index in [9.17, 15) is 0 Å². The summed E-state index contributed by atoms with van der Waals surface area (Å²) in [6.07, 6.45) is 0.959. The second-order valence-electron chi connectivity index (χ2n) is 11.2. The van der Waals surface area contributed by atoms with Crippen molar-refractivity contribution in [1.82, 2.24) is 10.2 Å². The van der Waals surface area contributed by atoms with Crippen LogP contribution >= 0.6 is 0 Å². The molecule has 2 aromatic rings. The average Bonchev–Trinajstić information content (AvgIpc) is 3.01. The topological polar surface area (TPSA) is 73.9 Å². The number of nitrogens with zero attached hydrogens (tertiary/aromatic N) is 2. The molecule has 0 radical (unpaired) electrons. The molecular weight excluding hydrogens is 522 g/mol. The molecule has 5 rings (SSSR count). The Morgan fingerprint density at radius 1 is 0.927 bits per heavy atom. The van der Waals surface area contributed by atoms with Gasteiger partial charge in [0.1, 0.15) is 18.1 Å². The average molecular weight is 570 g/mol. The molecule has 4 atom stereocenters. The van der Waals surface area contributed by atoms with Gasteiger partial charge in [-0.3, -0.25) is 4.90 Å². The first kappa shape index (κ1) is 30.1. The van der Waals surface area contributed by atoms with Crippen LogP contribution in [0.4, 0.5) is 5.69 Å². The van der Waals surface area contributed by atoms with Crippen LogP contribution < -0.4 is 19.7 Å². The molecule has 9 nitrogen and oxygen atoms in total. The van der Waals surface area contributed by atoms with Gasteiger partial charge < -0.3 is 38.6 Å². The molecule has 3 aliphatic heterocycles. The van der Waals surface area contributed by atoms with E-state index in [2.05, 4.69) is 52.4 Å². The van der Waals surface area contributed by atoms with Crippen LogP contribution in [0, 0.1) is 0 Å². The first-order valence-electron chi connectivity index (χ1n) is 15.1. The zero-order chi connectivity index (χ0) is 28.4. The summed E-state index contributed by atoms with van der Waals surface area (Å²) in [6, 6.07) is 15.2. The molecule has 0 aliphatic carbocycles. The molecule has 226 valence electrons. The second-order valence-corrected chi connectivity index (χ2v) is 11.2. The molecule has 0 amide bonds. The number of ether oxygens (including phenoxy) is 6. The highest BCUT2D eigenvalue weighted by molar-refractivity contribution is 5.61. The van der Waals surface area contributed by atoms with Gasteiger partial charge in [0.2, 0.25) is 0 Å². The molecule has 3 aliphatic rings. The lowest BCUT2D eigenvalue weighted by molar-refractivity contribution is -0.0706. The summed E-state index contributed by atoms with van der Waals surface area (Å²) in [4.78, 5) is 4.84. The third-order valence-corrected chi connectivity index (χ3v) is 8.43. The van der Waals surface area contributed by atoms with Gasteiger partial charge in [0.05, 0.1) is 58.0 Å². The number of nitrogens with one attached hydrogen (secondary N) is 1. The lowest BCUT2D eigenvalue weighted by Crippen LogP contribution is -2.51. The zero-order valence-electron chi connectivity index (χ0n) is 24.9. The van der Waals surface area contributed by atoms with E-state index in [4.69, 9.17) is 28.4 Å². The van der Waals surface area contributed by atoms with Crippen molar-refractivity contribution < 1.29 is 28.4 Å². The number of rotatable bonds is 13. The Morgan fingerprint density at radius 3 is 2.54 bits per heavy atom. The van der Waals surface area contributed by atoms with Gasteiger partial charge in [-0.15, -0.1) is 0 Å². The number of piperidine rings is 1. The van der Waals surface area contributed by atoms with Crippen molar-refractivity contribution >= 4 is 5.69 Å². The number of hydrogen-bond acceptors (Lipinski definition) is 9. The molecule has 0 aromatic heterocycles. The minimum absolute atomic E-state index is 0.00620. The first-order valence-corrected chi connectivity index (χ1v) is 15.1. The van der Waals surface area contributed by atoms with E-state index < -0.39 is 0 Å². The van der Waals surface area contributed by atoms with Gasteiger partial charge >= 0.3 is 0 Å². The van der Waals surface area contributed by atoms with E-state index in [-0.39, 0.29) is 18.1 Å². The fourth-order valence-corrected chi connectivity index (χ4v) is 6.10. The summed E-state index contributed by atoms with van der Waals surface area (Å²) < 4.78 is 35.5. The van der Waals surface area contributed by atoms with Crippen molar-refractivity contribution in [3.63, 3.8) is 0 Å². The summed E-state index contributed by atoms with van der Waals surface area (Å²) in [5.41, 5.74) is 3.49. The number of morpholine rings is 1. The van der Waals surface area contributed by atoms with Crippen LogP contribution in [0.2, 0.25) is 0 Å². The van der Waals surface area contributed by atoms with Crippen LogP contribution in [0.3, 0.4) is 0 Å². The van der Waals surface area contributed by atoms with Gasteiger partial charge in [-0.2, -0.15) is 0 Å². The molecule has 2 saturated heterocycles. The monoisotopic (exact) mass is 569 g/mol. The van der Waals surface area contributed by atoms with Crippen LogP contribution in [-0.2, 0) is 25.6 Å². The Morgan fingerprint density at radius 2 is 1.76 bits per heavy atom. The van der Waals surface area contributed by atoms with Crippen LogP contribution in [0.15, 0.2) is 42.5 Å². The van der Waals surface area contributed by atoms with Crippen molar-refractivity contribution in [2.24, 2.45) is 0 Å². The van der Waals surface area contributed by atoms with Gasteiger partial charge in [-0.05, 0) is 48.7 Å². The van der Waals surface area contributed by atoms with E-state index in [1.807, 2.05) is 12.1 Å². The number of hydrogen-bond donors (Lipinski definition) is 1. The van der Waals surface area contributed by atoms with Gasteiger partial charge in [-0.1, -0.05) is 18.2 Å². The van der Waals surface area contributed by atoms with Crippen LogP contribution in [-0.4, -0.2) is 110 Å². The fourth-order valence-electron chi connectivity index (χ4n) is 6.10. The number of fused-ring (bicyclic) bond motifs is 1. The van der Waals surface area contributed by atoms with Crippen LogP contribution in [0.5, 0.6) is 11.5 Å². The SMILES string of the molecule is COCCCN1CCOc2ccc(CO[C@H]3CNC[C@@H](OCCN4CCOCC4C)[C@@H]3c3ccc(OC)cc3)cc21. The molecule has 0 saturated carbocycles. The fraction of sp³-hybridized carbons (Fsp3) is 0.625. The second kappa shape index (κ2) is 15.2. The summed E-state index contributed by atoms with van der Waals surface area (Å²) in [5.74, 6) is 1.90. The zero-order valence-corrected chi connectivity index (χ0v) is 24.9. The smallest absolute Gasteiger partial charge is 0.142 e. The maximum absolute atomic E-state index is 6.68. The molecule has 2 aromatic carbocycles. The number of methoxy groups -OCH3 is 2. The van der Waals surface area contributed by atoms with Crippen molar-refractivity contribution in [2.45, 2.75) is 44.1 Å². The van der Waals surface area contributed by atoms with E-state index in [0.717, 1.165) is 88.3 Å². The van der Waals surface area contributed by atoms with Gasteiger partial charge in [0, 0.05) is 58.4 Å². The molecule has 1 unspecified atom stereocenters. The quantitative estimate of drug-likeness (QED) is 0.366. The largest absolute Gasteiger partial charge is 0.497 e. The minimum atomic E-state index is -0.0328. The standard InChI is InChI=1S/C32H47N3O6/c1-24-22-38-16-12-34(24)13-17-40-30-20-33-21-31(32(30)26-6-8-27(37-3)9-7-26)41-23-25-5-10-29-28(19-25)35(14-18-39-29)11-4-15-36-2/h5-10,19,24,30-33H,4,11-18,20-23H2,1-3H3/t24?,30-,31+,32+/m1/s1. The predicted octanol–water partition coefficient (Wildman–Crippen LogP) is 3.31. The van der Waals surface area contributed by atoms with Crippen molar-refractivity contribution in [3.05, 3.63) is 53.6 Å². The maximum atomic E-state index is 6.68. The van der Waals surface area contributed by atoms with Gasteiger partial charge in [0.25, 0.3) is 0 Å². The predicted molar refractivity (Wildman–Crippen MR) is 159 cm³/mol.